The Morgan fingerprint density at radius 3 is 2.38 bits per heavy atom. The molecule has 3 aromatic rings. The van der Waals surface area contributed by atoms with Crippen LogP contribution in [0.1, 0.15) is 46.0 Å². The highest BCUT2D eigenvalue weighted by Gasteiger charge is 2.17. The number of aromatic nitrogens is 1. The molecule has 32 heavy (non-hydrogen) atoms. The Hall–Kier alpha value is -3.67. The third-order valence-electron chi connectivity index (χ3n) is 5.83. The van der Waals surface area contributed by atoms with Crippen LogP contribution in [0.2, 0.25) is 0 Å². The van der Waals surface area contributed by atoms with E-state index in [1.807, 2.05) is 24.4 Å². The van der Waals surface area contributed by atoms with E-state index in [1.54, 1.807) is 48.5 Å². The highest BCUT2D eigenvalue weighted by molar-refractivity contribution is 6.08. The van der Waals surface area contributed by atoms with Gasteiger partial charge in [0.05, 0.1) is 11.3 Å². The number of hydrogen-bond acceptors (Lipinski definition) is 4. The monoisotopic (exact) mass is 428 g/mol. The van der Waals surface area contributed by atoms with Crippen LogP contribution in [0.4, 0.5) is 11.5 Å². The number of piperidine rings is 1. The first kappa shape index (κ1) is 21.6. The molecule has 6 nitrogen and oxygen atoms in total. The van der Waals surface area contributed by atoms with Gasteiger partial charge in [-0.15, -0.1) is 0 Å². The molecule has 6 heteroatoms. The second-order valence-corrected chi connectivity index (χ2v) is 8.24. The molecule has 0 bridgehead atoms. The molecule has 1 aromatic heterocycles. The lowest BCUT2D eigenvalue weighted by molar-refractivity contribution is 0.0951. The van der Waals surface area contributed by atoms with E-state index in [1.165, 1.54) is 12.8 Å². The number of nitrogens with one attached hydrogen (secondary N) is 2. The van der Waals surface area contributed by atoms with E-state index < -0.39 is 0 Å². The van der Waals surface area contributed by atoms with Gasteiger partial charge in [0.2, 0.25) is 0 Å². The molecule has 0 aliphatic carbocycles. The van der Waals surface area contributed by atoms with Crippen molar-refractivity contribution in [2.75, 3.05) is 23.3 Å². The number of rotatable bonds is 6. The highest BCUT2D eigenvalue weighted by atomic mass is 16.2. The second kappa shape index (κ2) is 10.1. The summed E-state index contributed by atoms with van der Waals surface area (Å²) in [7, 11) is 0. The molecule has 1 fully saturated rings. The summed E-state index contributed by atoms with van der Waals surface area (Å²) in [5.41, 5.74) is 2.37. The third kappa shape index (κ3) is 5.32. The first-order valence-corrected chi connectivity index (χ1v) is 11.0. The van der Waals surface area contributed by atoms with Gasteiger partial charge in [0.25, 0.3) is 11.8 Å². The minimum absolute atomic E-state index is 0.247. The summed E-state index contributed by atoms with van der Waals surface area (Å²) in [6, 6.07) is 20.0. The summed E-state index contributed by atoms with van der Waals surface area (Å²) >= 11 is 0. The first-order valence-electron chi connectivity index (χ1n) is 11.0. The van der Waals surface area contributed by atoms with E-state index in [-0.39, 0.29) is 11.8 Å². The van der Waals surface area contributed by atoms with Crippen LogP contribution in [0.3, 0.4) is 0 Å². The van der Waals surface area contributed by atoms with Gasteiger partial charge in [0, 0.05) is 31.4 Å². The lowest BCUT2D eigenvalue weighted by Gasteiger charge is -2.31. The number of carbonyl (C=O) groups excluding carboxylic acids is 2. The van der Waals surface area contributed by atoms with Crippen molar-refractivity contribution in [2.45, 2.75) is 26.3 Å². The summed E-state index contributed by atoms with van der Waals surface area (Å²) < 4.78 is 0. The van der Waals surface area contributed by atoms with Crippen molar-refractivity contribution in [2.24, 2.45) is 5.92 Å². The number of benzene rings is 2. The molecule has 2 aromatic carbocycles. The standard InChI is InChI=1S/C26H28N4O2/c1-19-13-15-30(16-14-19)24-12-11-20(17-27-24)18-28-26(32)22-9-5-6-10-23(22)29-25(31)21-7-3-2-4-8-21/h2-12,17,19H,13-16,18H2,1H3,(H,28,32)(H,29,31). The average molecular weight is 429 g/mol. The fraction of sp³-hybridized carbons (Fsp3) is 0.269. The topological polar surface area (TPSA) is 74.3 Å². The van der Waals surface area contributed by atoms with Crippen molar-refractivity contribution in [1.82, 2.24) is 10.3 Å². The minimum atomic E-state index is -0.252. The Bertz CT molecular complexity index is 1060. The molecule has 164 valence electrons. The summed E-state index contributed by atoms with van der Waals surface area (Å²) in [5, 5.41) is 5.76. The van der Waals surface area contributed by atoms with Crippen molar-refractivity contribution in [3.05, 3.63) is 89.6 Å². The number of carbonyl (C=O) groups is 2. The maximum absolute atomic E-state index is 12.8. The molecule has 0 spiro atoms. The maximum Gasteiger partial charge on any atom is 0.255 e. The van der Waals surface area contributed by atoms with Gasteiger partial charge in [0.1, 0.15) is 5.82 Å². The number of para-hydroxylation sites is 1. The molecule has 0 radical (unpaired) electrons. The van der Waals surface area contributed by atoms with Gasteiger partial charge in [-0.05, 0) is 54.7 Å². The predicted molar refractivity (Wildman–Crippen MR) is 127 cm³/mol. The summed E-state index contributed by atoms with van der Waals surface area (Å²) in [4.78, 5) is 32.2. The molecular weight excluding hydrogens is 400 g/mol. The number of amides is 2. The van der Waals surface area contributed by atoms with Gasteiger partial charge < -0.3 is 15.5 Å². The van der Waals surface area contributed by atoms with Gasteiger partial charge >= 0.3 is 0 Å². The lowest BCUT2D eigenvalue weighted by Crippen LogP contribution is -2.33. The van der Waals surface area contributed by atoms with Crippen molar-refractivity contribution >= 4 is 23.3 Å². The van der Waals surface area contributed by atoms with Crippen LogP contribution in [0.25, 0.3) is 0 Å². The van der Waals surface area contributed by atoms with Crippen LogP contribution in [0, 0.1) is 5.92 Å². The van der Waals surface area contributed by atoms with Gasteiger partial charge in [-0.3, -0.25) is 9.59 Å². The lowest BCUT2D eigenvalue weighted by atomic mass is 9.99. The normalized spacial score (nSPS) is 14.1. The second-order valence-electron chi connectivity index (χ2n) is 8.24. The molecule has 0 atom stereocenters. The van der Waals surface area contributed by atoms with Crippen LogP contribution in [-0.2, 0) is 6.54 Å². The molecular formula is C26H28N4O2. The van der Waals surface area contributed by atoms with Gasteiger partial charge in [-0.25, -0.2) is 4.98 Å². The van der Waals surface area contributed by atoms with Crippen LogP contribution >= 0.6 is 0 Å². The predicted octanol–water partition coefficient (Wildman–Crippen LogP) is 4.50. The first-order chi connectivity index (χ1) is 15.6. The largest absolute Gasteiger partial charge is 0.357 e. The van der Waals surface area contributed by atoms with Crippen LogP contribution in [-0.4, -0.2) is 29.9 Å². The Labute approximate surface area is 188 Å². The van der Waals surface area contributed by atoms with E-state index in [0.717, 1.165) is 30.4 Å². The fourth-order valence-electron chi connectivity index (χ4n) is 3.80. The van der Waals surface area contributed by atoms with Gasteiger partial charge in [-0.2, -0.15) is 0 Å². The fourth-order valence-corrected chi connectivity index (χ4v) is 3.80. The molecule has 1 aliphatic rings. The molecule has 0 unspecified atom stereocenters. The summed E-state index contributed by atoms with van der Waals surface area (Å²) in [5.74, 6) is 1.27. The molecule has 2 heterocycles. The quantitative estimate of drug-likeness (QED) is 0.606. The average Bonchev–Trinajstić information content (AvgIpc) is 2.84. The van der Waals surface area contributed by atoms with E-state index >= 15 is 0 Å². The molecule has 2 amide bonds. The number of hydrogen-bond donors (Lipinski definition) is 2. The molecule has 4 rings (SSSR count). The number of nitrogens with zero attached hydrogens (tertiary/aromatic N) is 2. The molecule has 1 saturated heterocycles. The Morgan fingerprint density at radius 1 is 0.938 bits per heavy atom. The molecule has 0 saturated carbocycles. The Balaban J connectivity index is 1.37. The van der Waals surface area contributed by atoms with Crippen molar-refractivity contribution in [3.63, 3.8) is 0 Å². The van der Waals surface area contributed by atoms with Gasteiger partial charge in [0.15, 0.2) is 0 Å². The van der Waals surface area contributed by atoms with Crippen LogP contribution < -0.4 is 15.5 Å². The third-order valence-corrected chi connectivity index (χ3v) is 5.83. The van der Waals surface area contributed by atoms with Crippen LogP contribution in [0.15, 0.2) is 72.9 Å². The maximum atomic E-state index is 12.8. The van der Waals surface area contributed by atoms with E-state index in [9.17, 15) is 9.59 Å². The number of anilines is 2. The Morgan fingerprint density at radius 2 is 1.66 bits per heavy atom. The number of pyridine rings is 1. The summed E-state index contributed by atoms with van der Waals surface area (Å²) in [6.45, 7) is 4.73. The van der Waals surface area contributed by atoms with Crippen molar-refractivity contribution in [1.29, 1.82) is 0 Å². The zero-order valence-corrected chi connectivity index (χ0v) is 18.3. The molecule has 1 aliphatic heterocycles. The smallest absolute Gasteiger partial charge is 0.255 e. The zero-order chi connectivity index (χ0) is 22.3. The van der Waals surface area contributed by atoms with E-state index in [4.69, 9.17) is 0 Å². The van der Waals surface area contributed by atoms with Crippen molar-refractivity contribution < 1.29 is 9.59 Å². The van der Waals surface area contributed by atoms with E-state index in [0.29, 0.717) is 23.4 Å². The minimum Gasteiger partial charge on any atom is -0.357 e. The molecule has 2 N–H and O–H groups in total. The van der Waals surface area contributed by atoms with Crippen LogP contribution in [0.5, 0.6) is 0 Å². The summed E-state index contributed by atoms with van der Waals surface area (Å²) in [6.07, 6.45) is 4.20. The van der Waals surface area contributed by atoms with Crippen molar-refractivity contribution in [3.8, 4) is 0 Å². The zero-order valence-electron chi connectivity index (χ0n) is 18.3. The Kier molecular flexibility index (Phi) is 6.80. The van der Waals surface area contributed by atoms with E-state index in [2.05, 4.69) is 27.4 Å². The SMILES string of the molecule is CC1CCN(c2ccc(CNC(=O)c3ccccc3NC(=O)c3ccccc3)cn2)CC1. The highest BCUT2D eigenvalue weighted by Crippen LogP contribution is 2.21. The van der Waals surface area contributed by atoms with Gasteiger partial charge in [-0.1, -0.05) is 43.3 Å².